The average molecular weight is 294 g/mol. The molecular weight excluding hydrogens is 276 g/mol. The number of ether oxygens (including phenoxy) is 1. The predicted octanol–water partition coefficient (Wildman–Crippen LogP) is 1.00. The minimum atomic E-state index is -1.08. The average Bonchev–Trinajstić information content (AvgIpc) is 2.44. The fourth-order valence-electron chi connectivity index (χ4n) is 1.51. The summed E-state index contributed by atoms with van der Waals surface area (Å²) in [5.74, 6) is -1.28. The van der Waals surface area contributed by atoms with Crippen molar-refractivity contribution in [1.82, 2.24) is 5.32 Å². The first kappa shape index (κ1) is 16.5. The molecule has 0 bridgehead atoms. The lowest BCUT2D eigenvalue weighted by Crippen LogP contribution is -2.32. The van der Waals surface area contributed by atoms with E-state index in [1.807, 2.05) is 6.92 Å². The van der Waals surface area contributed by atoms with Crippen LogP contribution in [0.4, 0.5) is 5.69 Å². The standard InChI is InChI=1S/C14H18N2O5/c1-2-4-12(17)15-8-13(18)16-10-5-3-6-11(7-10)21-9-14(19)20/h3,5-7H,2,4,8-9H2,1H3,(H,15,17)(H,16,18)(H,19,20). The van der Waals surface area contributed by atoms with Gasteiger partial charge in [-0.25, -0.2) is 4.79 Å². The van der Waals surface area contributed by atoms with Gasteiger partial charge in [-0.3, -0.25) is 9.59 Å². The highest BCUT2D eigenvalue weighted by Crippen LogP contribution is 2.17. The van der Waals surface area contributed by atoms with Gasteiger partial charge in [0.15, 0.2) is 6.61 Å². The number of benzene rings is 1. The molecule has 0 aromatic heterocycles. The summed E-state index contributed by atoms with van der Waals surface area (Å²) < 4.78 is 5.00. The van der Waals surface area contributed by atoms with E-state index in [0.717, 1.165) is 6.42 Å². The number of carboxylic acid groups (broad SMARTS) is 1. The normalized spacial score (nSPS) is 9.76. The molecule has 0 unspecified atom stereocenters. The minimum Gasteiger partial charge on any atom is -0.482 e. The molecule has 1 aromatic carbocycles. The summed E-state index contributed by atoms with van der Waals surface area (Å²) in [5, 5.41) is 13.6. The second kappa shape index (κ2) is 8.57. The van der Waals surface area contributed by atoms with Crippen molar-refractivity contribution in [2.24, 2.45) is 0 Å². The van der Waals surface area contributed by atoms with Gasteiger partial charge in [0, 0.05) is 18.2 Å². The first-order chi connectivity index (χ1) is 10.0. The summed E-state index contributed by atoms with van der Waals surface area (Å²) in [7, 11) is 0. The molecule has 0 fully saturated rings. The summed E-state index contributed by atoms with van der Waals surface area (Å²) in [6, 6.07) is 6.36. The molecular formula is C14H18N2O5. The second-order valence-electron chi connectivity index (χ2n) is 4.29. The van der Waals surface area contributed by atoms with Crippen LogP contribution in [0.1, 0.15) is 19.8 Å². The Bertz CT molecular complexity index is 516. The zero-order valence-corrected chi connectivity index (χ0v) is 11.7. The smallest absolute Gasteiger partial charge is 0.341 e. The number of anilines is 1. The first-order valence-electron chi connectivity index (χ1n) is 6.52. The van der Waals surface area contributed by atoms with Gasteiger partial charge in [0.1, 0.15) is 5.75 Å². The van der Waals surface area contributed by atoms with Crippen molar-refractivity contribution in [1.29, 1.82) is 0 Å². The van der Waals surface area contributed by atoms with Gasteiger partial charge in [0.25, 0.3) is 0 Å². The Morgan fingerprint density at radius 3 is 2.67 bits per heavy atom. The van der Waals surface area contributed by atoms with Crippen LogP contribution in [-0.4, -0.2) is 36.0 Å². The van der Waals surface area contributed by atoms with Gasteiger partial charge < -0.3 is 20.5 Å². The molecule has 7 nitrogen and oxygen atoms in total. The predicted molar refractivity (Wildman–Crippen MR) is 76.1 cm³/mol. The zero-order valence-electron chi connectivity index (χ0n) is 11.7. The van der Waals surface area contributed by atoms with E-state index < -0.39 is 12.6 Å². The van der Waals surface area contributed by atoms with Crippen LogP contribution in [0.5, 0.6) is 5.75 Å². The molecule has 0 atom stereocenters. The lowest BCUT2D eigenvalue weighted by atomic mass is 10.3. The number of hydrogen-bond acceptors (Lipinski definition) is 4. The third-order valence-electron chi connectivity index (χ3n) is 2.40. The number of aliphatic carboxylic acids is 1. The molecule has 114 valence electrons. The minimum absolute atomic E-state index is 0.112. The van der Waals surface area contributed by atoms with E-state index in [9.17, 15) is 14.4 Å². The Kier molecular flexibility index (Phi) is 6.73. The summed E-state index contributed by atoms with van der Waals surface area (Å²) in [5.41, 5.74) is 0.465. The maximum Gasteiger partial charge on any atom is 0.341 e. The lowest BCUT2D eigenvalue weighted by Gasteiger charge is -2.08. The van der Waals surface area contributed by atoms with Gasteiger partial charge in [0.05, 0.1) is 6.54 Å². The second-order valence-corrected chi connectivity index (χ2v) is 4.29. The lowest BCUT2D eigenvalue weighted by molar-refractivity contribution is -0.139. The largest absolute Gasteiger partial charge is 0.482 e. The molecule has 0 aliphatic rings. The van der Waals surface area contributed by atoms with E-state index in [1.165, 1.54) is 6.07 Å². The van der Waals surface area contributed by atoms with Crippen molar-refractivity contribution in [3.05, 3.63) is 24.3 Å². The molecule has 0 radical (unpaired) electrons. The fraction of sp³-hybridized carbons (Fsp3) is 0.357. The Balaban J connectivity index is 2.46. The van der Waals surface area contributed by atoms with Crippen LogP contribution < -0.4 is 15.4 Å². The van der Waals surface area contributed by atoms with Crippen LogP contribution >= 0.6 is 0 Å². The molecule has 0 saturated heterocycles. The van der Waals surface area contributed by atoms with Gasteiger partial charge in [-0.1, -0.05) is 13.0 Å². The van der Waals surface area contributed by atoms with Crippen molar-refractivity contribution >= 4 is 23.5 Å². The van der Waals surface area contributed by atoms with Crippen LogP contribution in [0.15, 0.2) is 24.3 Å². The van der Waals surface area contributed by atoms with Crippen molar-refractivity contribution < 1.29 is 24.2 Å². The van der Waals surface area contributed by atoms with Crippen LogP contribution in [0.25, 0.3) is 0 Å². The molecule has 1 rings (SSSR count). The maximum atomic E-state index is 11.6. The Hall–Kier alpha value is -2.57. The van der Waals surface area contributed by atoms with E-state index in [-0.39, 0.29) is 18.4 Å². The summed E-state index contributed by atoms with van der Waals surface area (Å²) >= 11 is 0. The molecule has 0 aliphatic carbocycles. The molecule has 0 heterocycles. The van der Waals surface area contributed by atoms with Crippen molar-refractivity contribution in [2.75, 3.05) is 18.5 Å². The van der Waals surface area contributed by atoms with Crippen LogP contribution in [-0.2, 0) is 14.4 Å². The third kappa shape index (κ3) is 6.95. The highest BCUT2D eigenvalue weighted by molar-refractivity contribution is 5.94. The monoisotopic (exact) mass is 294 g/mol. The molecule has 0 spiro atoms. The highest BCUT2D eigenvalue weighted by Gasteiger charge is 2.06. The molecule has 1 aromatic rings. The highest BCUT2D eigenvalue weighted by atomic mass is 16.5. The topological polar surface area (TPSA) is 105 Å². The maximum absolute atomic E-state index is 11.6. The van der Waals surface area contributed by atoms with Crippen molar-refractivity contribution in [3.8, 4) is 5.75 Å². The van der Waals surface area contributed by atoms with E-state index in [1.54, 1.807) is 18.2 Å². The van der Waals surface area contributed by atoms with E-state index in [0.29, 0.717) is 17.9 Å². The van der Waals surface area contributed by atoms with Crippen LogP contribution in [0, 0.1) is 0 Å². The number of rotatable bonds is 8. The first-order valence-corrected chi connectivity index (χ1v) is 6.52. The van der Waals surface area contributed by atoms with E-state index in [2.05, 4.69) is 10.6 Å². The summed E-state index contributed by atoms with van der Waals surface area (Å²) in [6.45, 7) is 1.31. The number of carboxylic acids is 1. The Morgan fingerprint density at radius 1 is 1.24 bits per heavy atom. The number of nitrogens with one attached hydrogen (secondary N) is 2. The van der Waals surface area contributed by atoms with Crippen molar-refractivity contribution in [3.63, 3.8) is 0 Å². The van der Waals surface area contributed by atoms with Crippen LogP contribution in [0.2, 0.25) is 0 Å². The number of carbonyl (C=O) groups excluding carboxylic acids is 2. The van der Waals surface area contributed by atoms with Gasteiger partial charge in [-0.05, 0) is 18.6 Å². The third-order valence-corrected chi connectivity index (χ3v) is 2.40. The van der Waals surface area contributed by atoms with Gasteiger partial charge in [-0.2, -0.15) is 0 Å². The quantitative estimate of drug-likeness (QED) is 0.663. The molecule has 0 aliphatic heterocycles. The summed E-state index contributed by atoms with van der Waals surface area (Å²) in [6.07, 6.45) is 1.10. The molecule has 2 amide bonds. The van der Waals surface area contributed by atoms with E-state index in [4.69, 9.17) is 9.84 Å². The van der Waals surface area contributed by atoms with Crippen molar-refractivity contribution in [2.45, 2.75) is 19.8 Å². The number of hydrogen-bond donors (Lipinski definition) is 3. The molecule has 3 N–H and O–H groups in total. The van der Waals surface area contributed by atoms with E-state index >= 15 is 0 Å². The molecule has 21 heavy (non-hydrogen) atoms. The van der Waals surface area contributed by atoms with Crippen LogP contribution in [0.3, 0.4) is 0 Å². The zero-order chi connectivity index (χ0) is 15.7. The molecule has 0 saturated carbocycles. The SMILES string of the molecule is CCCC(=O)NCC(=O)Nc1cccc(OCC(=O)O)c1. The number of carbonyl (C=O) groups is 3. The Labute approximate surface area is 122 Å². The summed E-state index contributed by atoms with van der Waals surface area (Å²) in [4.78, 5) is 33.3. The van der Waals surface area contributed by atoms with Gasteiger partial charge in [0.2, 0.25) is 11.8 Å². The number of amides is 2. The fourth-order valence-corrected chi connectivity index (χ4v) is 1.51. The van der Waals surface area contributed by atoms with Gasteiger partial charge in [-0.15, -0.1) is 0 Å². The molecule has 7 heteroatoms. The van der Waals surface area contributed by atoms with Gasteiger partial charge >= 0.3 is 5.97 Å². The Morgan fingerprint density at radius 2 is 2.00 bits per heavy atom.